The summed E-state index contributed by atoms with van der Waals surface area (Å²) >= 11 is 0. The third kappa shape index (κ3) is 7.47. The quantitative estimate of drug-likeness (QED) is 0.365. The van der Waals surface area contributed by atoms with E-state index in [1.807, 2.05) is 71.0 Å². The fourth-order valence-electron chi connectivity index (χ4n) is 4.17. The monoisotopic (exact) mass is 549 g/mol. The number of anilines is 1. The van der Waals surface area contributed by atoms with Crippen LogP contribution in [0.15, 0.2) is 77.7 Å². The van der Waals surface area contributed by atoms with Crippen LogP contribution < -0.4 is 9.62 Å². The maximum absolute atomic E-state index is 14.0. The molecule has 1 N–H and O–H groups in total. The Bertz CT molecular complexity index is 1390. The van der Waals surface area contributed by atoms with Crippen molar-refractivity contribution < 1.29 is 18.0 Å². The fraction of sp³-hybridized carbons (Fsp3) is 0.355. The summed E-state index contributed by atoms with van der Waals surface area (Å²) in [5.41, 5.74) is 3.87. The van der Waals surface area contributed by atoms with Crippen molar-refractivity contribution in [2.75, 3.05) is 17.4 Å². The largest absolute Gasteiger partial charge is 0.354 e. The topological polar surface area (TPSA) is 86.8 Å². The van der Waals surface area contributed by atoms with Crippen LogP contribution in [0.25, 0.3) is 0 Å². The number of nitrogens with one attached hydrogen (secondary N) is 1. The van der Waals surface area contributed by atoms with Crippen LogP contribution in [-0.2, 0) is 26.2 Å². The molecule has 0 aromatic heterocycles. The van der Waals surface area contributed by atoms with Gasteiger partial charge in [0.1, 0.15) is 12.6 Å². The van der Waals surface area contributed by atoms with Crippen LogP contribution >= 0.6 is 0 Å². The van der Waals surface area contributed by atoms with Gasteiger partial charge in [0.15, 0.2) is 0 Å². The van der Waals surface area contributed by atoms with Crippen LogP contribution in [0.5, 0.6) is 0 Å². The second kappa shape index (κ2) is 12.9. The van der Waals surface area contributed by atoms with Crippen LogP contribution in [0, 0.1) is 26.7 Å². The molecule has 0 aliphatic carbocycles. The first kappa shape index (κ1) is 29.9. The number of nitrogens with zero attached hydrogens (tertiary/aromatic N) is 2. The van der Waals surface area contributed by atoms with Gasteiger partial charge in [0.2, 0.25) is 11.8 Å². The van der Waals surface area contributed by atoms with Gasteiger partial charge in [0.05, 0.1) is 10.6 Å². The first-order chi connectivity index (χ1) is 18.4. The molecule has 3 aromatic carbocycles. The second-order valence-electron chi connectivity index (χ2n) is 10.4. The van der Waals surface area contributed by atoms with Gasteiger partial charge in [-0.15, -0.1) is 0 Å². The van der Waals surface area contributed by atoms with Crippen LogP contribution in [0.2, 0.25) is 0 Å². The average molecular weight is 550 g/mol. The second-order valence-corrected chi connectivity index (χ2v) is 12.2. The molecule has 0 bridgehead atoms. The summed E-state index contributed by atoms with van der Waals surface area (Å²) in [7, 11) is -4.09. The molecule has 0 spiro atoms. The van der Waals surface area contributed by atoms with Gasteiger partial charge < -0.3 is 10.2 Å². The van der Waals surface area contributed by atoms with Crippen molar-refractivity contribution in [1.82, 2.24) is 10.2 Å². The average Bonchev–Trinajstić information content (AvgIpc) is 2.91. The molecule has 7 nitrogen and oxygen atoms in total. The van der Waals surface area contributed by atoms with Crippen molar-refractivity contribution in [3.63, 3.8) is 0 Å². The van der Waals surface area contributed by atoms with Gasteiger partial charge in [-0.25, -0.2) is 8.42 Å². The molecule has 39 heavy (non-hydrogen) atoms. The van der Waals surface area contributed by atoms with E-state index in [9.17, 15) is 18.0 Å². The van der Waals surface area contributed by atoms with Crippen molar-refractivity contribution in [2.24, 2.45) is 5.92 Å². The number of rotatable bonds is 11. The molecule has 0 saturated heterocycles. The van der Waals surface area contributed by atoms with Crippen LogP contribution in [-0.4, -0.2) is 44.3 Å². The Morgan fingerprint density at radius 2 is 1.49 bits per heavy atom. The van der Waals surface area contributed by atoms with Crippen molar-refractivity contribution in [2.45, 2.75) is 59.0 Å². The van der Waals surface area contributed by atoms with Crippen LogP contribution in [0.3, 0.4) is 0 Å². The predicted octanol–water partition coefficient (Wildman–Crippen LogP) is 5.00. The highest BCUT2D eigenvalue weighted by molar-refractivity contribution is 7.92. The van der Waals surface area contributed by atoms with Gasteiger partial charge in [-0.1, -0.05) is 74.0 Å². The normalized spacial score (nSPS) is 12.2. The van der Waals surface area contributed by atoms with Crippen molar-refractivity contribution in [3.05, 3.63) is 95.1 Å². The molecule has 2 amide bonds. The van der Waals surface area contributed by atoms with E-state index in [-0.39, 0.29) is 23.3 Å². The molecule has 0 aliphatic heterocycles. The van der Waals surface area contributed by atoms with E-state index in [1.54, 1.807) is 43.3 Å². The van der Waals surface area contributed by atoms with Gasteiger partial charge in [-0.2, -0.15) is 0 Å². The first-order valence-corrected chi connectivity index (χ1v) is 14.6. The van der Waals surface area contributed by atoms with Crippen LogP contribution in [0.4, 0.5) is 5.69 Å². The number of carbonyl (C=O) groups is 2. The zero-order valence-corrected chi connectivity index (χ0v) is 24.5. The molecule has 3 aromatic rings. The number of carbonyl (C=O) groups excluding carboxylic acids is 2. The van der Waals surface area contributed by atoms with E-state index in [0.29, 0.717) is 12.2 Å². The third-order valence-electron chi connectivity index (χ3n) is 6.78. The number of benzene rings is 3. The maximum atomic E-state index is 14.0. The van der Waals surface area contributed by atoms with Gasteiger partial charge in [0.25, 0.3) is 10.0 Å². The Kier molecular flexibility index (Phi) is 9.92. The number of sulfonamides is 1. The first-order valence-electron chi connectivity index (χ1n) is 13.2. The van der Waals surface area contributed by atoms with Gasteiger partial charge in [0, 0.05) is 13.1 Å². The Balaban J connectivity index is 2.04. The SMILES string of the molecule is Cc1ccc(S(=O)(=O)N(CC(=O)N(Cc2ccccc2)[C@H](C)C(=O)NCC(C)C)c2cccc(C)c2C)cc1. The molecular formula is C31H39N3O4S. The Morgan fingerprint density at radius 3 is 2.10 bits per heavy atom. The summed E-state index contributed by atoms with van der Waals surface area (Å²) in [5.74, 6) is -0.505. The minimum absolute atomic E-state index is 0.0964. The zero-order valence-electron chi connectivity index (χ0n) is 23.6. The fourth-order valence-corrected chi connectivity index (χ4v) is 5.64. The standard InChI is InChI=1S/C31H39N3O4S/c1-22(2)19-32-31(36)26(6)33(20-27-12-8-7-9-13-27)30(35)21-34(29-14-10-11-24(4)25(29)5)39(37,38)28-17-15-23(3)16-18-28/h7-18,22,26H,19-21H2,1-6H3,(H,32,36)/t26-/m1/s1. The molecule has 0 saturated carbocycles. The molecule has 0 heterocycles. The van der Waals surface area contributed by atoms with Crippen molar-refractivity contribution in [3.8, 4) is 0 Å². The molecule has 1 atom stereocenters. The summed E-state index contributed by atoms with van der Waals surface area (Å²) in [4.78, 5) is 28.6. The zero-order chi connectivity index (χ0) is 28.7. The van der Waals surface area contributed by atoms with E-state index in [0.717, 1.165) is 22.3 Å². The summed E-state index contributed by atoms with van der Waals surface area (Å²) < 4.78 is 29.1. The van der Waals surface area contributed by atoms with Crippen molar-refractivity contribution in [1.29, 1.82) is 0 Å². The molecule has 0 radical (unpaired) electrons. The summed E-state index contributed by atoms with van der Waals surface area (Å²) in [6, 6.07) is 20.5. The third-order valence-corrected chi connectivity index (χ3v) is 8.55. The lowest BCUT2D eigenvalue weighted by molar-refractivity contribution is -0.139. The number of hydrogen-bond donors (Lipinski definition) is 1. The molecule has 0 unspecified atom stereocenters. The number of amides is 2. The maximum Gasteiger partial charge on any atom is 0.264 e. The number of aryl methyl sites for hydroxylation is 2. The van der Waals surface area contributed by atoms with Crippen LogP contribution in [0.1, 0.15) is 43.0 Å². The van der Waals surface area contributed by atoms with E-state index >= 15 is 0 Å². The van der Waals surface area contributed by atoms with E-state index < -0.39 is 28.5 Å². The summed E-state index contributed by atoms with van der Waals surface area (Å²) in [6.07, 6.45) is 0. The highest BCUT2D eigenvalue weighted by atomic mass is 32.2. The van der Waals surface area contributed by atoms with Gasteiger partial charge >= 0.3 is 0 Å². The molecule has 3 rings (SSSR count). The van der Waals surface area contributed by atoms with Crippen molar-refractivity contribution >= 4 is 27.5 Å². The highest BCUT2D eigenvalue weighted by Crippen LogP contribution is 2.29. The molecule has 0 fully saturated rings. The minimum Gasteiger partial charge on any atom is -0.354 e. The van der Waals surface area contributed by atoms with E-state index in [2.05, 4.69) is 5.32 Å². The molecule has 0 aliphatic rings. The van der Waals surface area contributed by atoms with E-state index in [1.165, 1.54) is 9.21 Å². The number of hydrogen-bond acceptors (Lipinski definition) is 4. The molecule has 208 valence electrons. The lowest BCUT2D eigenvalue weighted by Gasteiger charge is -2.32. The lowest BCUT2D eigenvalue weighted by atomic mass is 10.1. The highest BCUT2D eigenvalue weighted by Gasteiger charge is 2.33. The minimum atomic E-state index is -4.09. The van der Waals surface area contributed by atoms with E-state index in [4.69, 9.17) is 0 Å². The molecule has 8 heteroatoms. The van der Waals surface area contributed by atoms with Gasteiger partial charge in [-0.05, 0) is 68.5 Å². The van der Waals surface area contributed by atoms with Gasteiger partial charge in [-0.3, -0.25) is 13.9 Å². The summed E-state index contributed by atoms with van der Waals surface area (Å²) in [5, 5.41) is 2.90. The Hall–Kier alpha value is -3.65. The Morgan fingerprint density at radius 1 is 0.846 bits per heavy atom. The smallest absolute Gasteiger partial charge is 0.264 e. The predicted molar refractivity (Wildman–Crippen MR) is 156 cm³/mol. The lowest BCUT2D eigenvalue weighted by Crippen LogP contribution is -2.51. The Labute approximate surface area is 232 Å². The molecular weight excluding hydrogens is 510 g/mol. The summed E-state index contributed by atoms with van der Waals surface area (Å²) in [6.45, 7) is 11.5.